The molecule has 0 saturated heterocycles. The van der Waals surface area contributed by atoms with Crippen LogP contribution in [-0.4, -0.2) is 71.0 Å². The van der Waals surface area contributed by atoms with E-state index in [1.807, 2.05) is 0 Å². The predicted molar refractivity (Wildman–Crippen MR) is 176 cm³/mol. The fraction of sp³-hybridized carbons (Fsp3) is 0.125. The number of halogens is 1. The van der Waals surface area contributed by atoms with Gasteiger partial charge >= 0.3 is 32.5 Å². The quantitative estimate of drug-likeness (QED) is 0.0319. The highest BCUT2D eigenvalue weighted by Gasteiger charge is 2.25. The highest BCUT2D eigenvalue weighted by Crippen LogP contribution is 2.47. The van der Waals surface area contributed by atoms with E-state index in [0.717, 1.165) is 18.2 Å². The van der Waals surface area contributed by atoms with E-state index in [4.69, 9.17) is 28.0 Å². The van der Waals surface area contributed by atoms with E-state index in [1.54, 1.807) is 11.6 Å². The Kier molecular flexibility index (Phi) is 10.9. The van der Waals surface area contributed by atoms with Crippen LogP contribution >= 0.6 is 24.2 Å². The number of nitrogens with two attached hydrogens (primary N) is 2. The lowest BCUT2D eigenvalue weighted by molar-refractivity contribution is 0.100. The summed E-state index contributed by atoms with van der Waals surface area (Å²) < 4.78 is 69.8. The van der Waals surface area contributed by atoms with Crippen LogP contribution in [0.1, 0.15) is 17.3 Å². The van der Waals surface area contributed by atoms with E-state index < -0.39 is 72.2 Å². The highest BCUT2D eigenvalue weighted by atomic mass is 35.5. The first-order chi connectivity index (χ1) is 23.0. The van der Waals surface area contributed by atoms with E-state index in [1.165, 1.54) is 18.2 Å². The zero-order valence-corrected chi connectivity index (χ0v) is 27.7. The second-order valence-electron chi connectivity index (χ2n) is 9.20. The number of carboxylic acid groups (broad SMARTS) is 1. The Balaban J connectivity index is 2.05. The number of amides is 2. The van der Waals surface area contributed by atoms with Gasteiger partial charge < -0.3 is 26.0 Å². The number of phenols is 1. The minimum Gasteiger partial charge on any atom is -0.505 e. The molecule has 0 fully saturated rings. The number of fused-ring (bicyclic) bond motifs is 1. The van der Waals surface area contributed by atoms with E-state index in [9.17, 15) is 41.2 Å². The number of azo groups is 1. The van der Waals surface area contributed by atoms with Crippen LogP contribution in [0.15, 0.2) is 51.5 Å². The van der Waals surface area contributed by atoms with E-state index in [0.29, 0.717) is 4.90 Å². The lowest BCUT2D eigenvalue weighted by Crippen LogP contribution is -2.30. The summed E-state index contributed by atoms with van der Waals surface area (Å²) in [6, 6.07) is 6.17. The number of anilines is 4. The molecule has 21 nitrogen and oxygen atoms in total. The van der Waals surface area contributed by atoms with Gasteiger partial charge in [-0.05, 0) is 48.7 Å². The number of carbonyl (C=O) groups excluding carboxylic acids is 1. The van der Waals surface area contributed by atoms with Crippen LogP contribution in [0.3, 0.4) is 0 Å². The number of aromatic hydroxyl groups is 1. The molecule has 3 aromatic carbocycles. The van der Waals surface area contributed by atoms with Crippen LogP contribution in [-0.2, 0) is 24.7 Å². The van der Waals surface area contributed by atoms with Gasteiger partial charge in [-0.15, -0.1) is 10.2 Å². The topological polar surface area (TPSA) is 324 Å². The SMILES string of the molecule is CCOc1nc(Nc2cc(S(=O)(=O)ON)cc3cc(NS(=O)(=O)O)c(N=Nc4ccc(Cl)cc4C(N)=O)c(O)c23)nc(N(CS)C(=O)O)n1. The number of ether oxygens (including phenoxy) is 1. The lowest BCUT2D eigenvalue weighted by atomic mass is 10.0. The van der Waals surface area contributed by atoms with Crippen molar-refractivity contribution in [1.29, 1.82) is 0 Å². The zero-order valence-electron chi connectivity index (χ0n) is 24.5. The van der Waals surface area contributed by atoms with Crippen LogP contribution in [0.2, 0.25) is 5.02 Å². The molecule has 0 aliphatic carbocycles. The van der Waals surface area contributed by atoms with Gasteiger partial charge in [0.2, 0.25) is 11.9 Å². The van der Waals surface area contributed by atoms with Crippen molar-refractivity contribution in [2.75, 3.05) is 27.4 Å². The van der Waals surface area contributed by atoms with Crippen molar-refractivity contribution in [3.63, 3.8) is 0 Å². The molecule has 4 rings (SSSR count). The number of benzene rings is 3. The maximum Gasteiger partial charge on any atom is 0.414 e. The van der Waals surface area contributed by atoms with Gasteiger partial charge in [0.15, 0.2) is 11.4 Å². The summed E-state index contributed by atoms with van der Waals surface area (Å²) in [5.74, 6) is 1.82. The molecule has 1 heterocycles. The molecule has 0 spiro atoms. The van der Waals surface area contributed by atoms with Gasteiger partial charge in [0.05, 0.1) is 40.0 Å². The molecule has 1 aromatic heterocycles. The lowest BCUT2D eigenvalue weighted by Gasteiger charge is -2.18. The molecule has 0 bridgehead atoms. The molecule has 2 amide bonds. The second kappa shape index (κ2) is 14.6. The van der Waals surface area contributed by atoms with E-state index in [2.05, 4.69) is 47.4 Å². The number of hydrogen-bond acceptors (Lipinski definition) is 17. The Morgan fingerprint density at radius 2 is 1.80 bits per heavy atom. The first-order valence-electron chi connectivity index (χ1n) is 13.0. The van der Waals surface area contributed by atoms with Gasteiger partial charge in [-0.2, -0.15) is 54.6 Å². The van der Waals surface area contributed by atoms with Gasteiger partial charge in [0, 0.05) is 10.4 Å². The predicted octanol–water partition coefficient (Wildman–Crippen LogP) is 3.21. The molecule has 4 aromatic rings. The Labute approximate surface area is 286 Å². The number of rotatable bonds is 13. The van der Waals surface area contributed by atoms with Crippen molar-refractivity contribution in [2.45, 2.75) is 11.8 Å². The molecule has 0 unspecified atom stereocenters. The Bertz CT molecular complexity index is 2220. The van der Waals surface area contributed by atoms with Crippen LogP contribution in [0.4, 0.5) is 39.4 Å². The summed E-state index contributed by atoms with van der Waals surface area (Å²) >= 11 is 9.90. The molecular formula is C24H23ClN10O11S3. The van der Waals surface area contributed by atoms with Gasteiger partial charge in [0.25, 0.3) is 5.91 Å². The Hall–Kier alpha value is -5.11. The number of thiol groups is 1. The first-order valence-corrected chi connectivity index (χ1v) is 16.8. The number of carbonyl (C=O) groups is 2. The molecule has 49 heavy (non-hydrogen) atoms. The monoisotopic (exact) mass is 758 g/mol. The van der Waals surface area contributed by atoms with Crippen molar-refractivity contribution in [2.24, 2.45) is 21.9 Å². The summed E-state index contributed by atoms with van der Waals surface area (Å²) in [5.41, 5.74) is 3.39. The highest BCUT2D eigenvalue weighted by molar-refractivity contribution is 7.87. The largest absolute Gasteiger partial charge is 0.505 e. The number of primary amides is 1. The molecule has 25 heteroatoms. The molecular weight excluding hydrogens is 736 g/mol. The van der Waals surface area contributed by atoms with E-state index in [-0.39, 0.29) is 45.4 Å². The third-order valence-electron chi connectivity index (χ3n) is 6.03. The second-order valence-corrected chi connectivity index (χ2v) is 12.6. The van der Waals surface area contributed by atoms with E-state index >= 15 is 0 Å². The number of nitrogens with zero attached hydrogens (tertiary/aromatic N) is 6. The summed E-state index contributed by atoms with van der Waals surface area (Å²) in [5, 5.41) is 31.1. The average molecular weight is 759 g/mol. The molecule has 9 N–H and O–H groups in total. The van der Waals surface area contributed by atoms with Crippen molar-refractivity contribution in [3.05, 3.63) is 47.0 Å². The molecule has 260 valence electrons. The third-order valence-corrected chi connectivity index (χ3v) is 8.09. The fourth-order valence-electron chi connectivity index (χ4n) is 4.04. The van der Waals surface area contributed by atoms with Gasteiger partial charge in [-0.3, -0.25) is 14.1 Å². The molecule has 0 aliphatic heterocycles. The van der Waals surface area contributed by atoms with Crippen molar-refractivity contribution in [1.82, 2.24) is 15.0 Å². The van der Waals surface area contributed by atoms with Crippen molar-refractivity contribution < 1.29 is 50.2 Å². The smallest absolute Gasteiger partial charge is 0.414 e. The minimum absolute atomic E-state index is 0.0329. The molecule has 0 saturated carbocycles. The zero-order chi connectivity index (χ0) is 36.3. The van der Waals surface area contributed by atoms with Crippen molar-refractivity contribution >= 4 is 102 Å². The van der Waals surface area contributed by atoms with Crippen molar-refractivity contribution in [3.8, 4) is 11.8 Å². The maximum atomic E-state index is 12.7. The van der Waals surface area contributed by atoms with Crippen LogP contribution in [0.25, 0.3) is 10.8 Å². The average Bonchev–Trinajstić information content (AvgIpc) is 3.00. The summed E-state index contributed by atoms with van der Waals surface area (Å²) in [4.78, 5) is 35.7. The Morgan fingerprint density at radius 3 is 2.39 bits per heavy atom. The standard InChI is InChI=1S/C24H23ClN10O11S3/c1-2-45-23-30-21(29-22(31-23)35(9-47)24(38)39)28-15-8-12(48(40,41)46-27)5-10-6-16(34-49(42,43)44)18(19(36)17(10)15)33-32-14-4-3-11(25)7-13(14)20(26)37/h3-8,34,36,47H,2,9,27H2,1H3,(H2,26,37)(H,38,39)(H,42,43,44)(H,28,29,30,31). The first kappa shape index (κ1) is 36.7. The van der Waals surface area contributed by atoms with Crippen LogP contribution in [0, 0.1) is 0 Å². The summed E-state index contributed by atoms with van der Waals surface area (Å²) in [6.07, 6.45) is -1.50. The van der Waals surface area contributed by atoms with Gasteiger partial charge in [0.1, 0.15) is 0 Å². The molecule has 0 atom stereocenters. The number of nitrogens with one attached hydrogen (secondary N) is 2. The van der Waals surface area contributed by atoms with Crippen LogP contribution < -0.4 is 31.3 Å². The summed E-state index contributed by atoms with van der Waals surface area (Å²) in [6.45, 7) is 1.62. The normalized spacial score (nSPS) is 11.9. The Morgan fingerprint density at radius 1 is 1.08 bits per heavy atom. The minimum atomic E-state index is -5.06. The molecule has 0 radical (unpaired) electrons. The number of phenolic OH excluding ortho intramolecular Hbond substituents is 1. The van der Waals surface area contributed by atoms with Gasteiger partial charge in [-0.1, -0.05) is 11.6 Å². The van der Waals surface area contributed by atoms with Crippen LogP contribution in [0.5, 0.6) is 11.8 Å². The van der Waals surface area contributed by atoms with Gasteiger partial charge in [-0.25, -0.2) is 9.69 Å². The number of hydrogen-bond donors (Lipinski definition) is 8. The molecule has 0 aliphatic rings. The maximum absolute atomic E-state index is 12.7. The number of aromatic nitrogens is 3. The summed E-state index contributed by atoms with van der Waals surface area (Å²) in [7, 11) is -9.76. The fourth-order valence-corrected chi connectivity index (χ4v) is 5.54. The third kappa shape index (κ3) is 8.49.